The lowest BCUT2D eigenvalue weighted by Crippen LogP contribution is -1.93. The van der Waals surface area contributed by atoms with Gasteiger partial charge in [-0.1, -0.05) is 0 Å². The van der Waals surface area contributed by atoms with Crippen LogP contribution in [-0.4, -0.2) is 19.9 Å². The van der Waals surface area contributed by atoms with Crippen molar-refractivity contribution in [2.75, 3.05) is 0 Å². The summed E-state index contributed by atoms with van der Waals surface area (Å²) in [6, 6.07) is 6.53. The van der Waals surface area contributed by atoms with Gasteiger partial charge >= 0.3 is 0 Å². The summed E-state index contributed by atoms with van der Waals surface area (Å²) in [4.78, 5) is 0. The van der Waals surface area contributed by atoms with E-state index in [9.17, 15) is 5.11 Å². The van der Waals surface area contributed by atoms with Gasteiger partial charge < -0.3 is 5.11 Å². The third-order valence-corrected chi connectivity index (χ3v) is 1.80. The molecule has 0 amide bonds. The minimum atomic E-state index is 0.0679. The first-order valence-corrected chi connectivity index (χ1v) is 3.89. The van der Waals surface area contributed by atoms with Crippen molar-refractivity contribution in [3.63, 3.8) is 0 Å². The summed E-state index contributed by atoms with van der Waals surface area (Å²) in [5, 5.41) is 25.3. The van der Waals surface area contributed by atoms with Crippen LogP contribution < -0.4 is 0 Å². The van der Waals surface area contributed by atoms with Gasteiger partial charge in [0.1, 0.15) is 24.5 Å². The molecule has 0 saturated carbocycles. The van der Waals surface area contributed by atoms with E-state index >= 15 is 0 Å². The monoisotopic (exact) mass is 186 g/mol. The van der Waals surface area contributed by atoms with Gasteiger partial charge in [-0.25, -0.2) is 0 Å². The van der Waals surface area contributed by atoms with E-state index in [1.807, 2.05) is 6.07 Å². The van der Waals surface area contributed by atoms with Gasteiger partial charge in [-0.3, -0.25) is 4.57 Å². The molecule has 5 heteroatoms. The zero-order valence-electron chi connectivity index (χ0n) is 7.12. The summed E-state index contributed by atoms with van der Waals surface area (Å²) < 4.78 is 1.61. The first-order chi connectivity index (χ1) is 6.81. The fourth-order valence-corrected chi connectivity index (χ4v) is 1.16. The second kappa shape index (κ2) is 3.18. The lowest BCUT2D eigenvalue weighted by Gasteiger charge is -2.03. The van der Waals surface area contributed by atoms with E-state index in [0.717, 1.165) is 0 Å². The highest BCUT2D eigenvalue weighted by atomic mass is 16.3. The lowest BCUT2D eigenvalue weighted by molar-refractivity contribution is 0.475. The Labute approximate surface area is 79.9 Å². The second-order valence-corrected chi connectivity index (χ2v) is 2.68. The molecule has 0 bridgehead atoms. The summed E-state index contributed by atoms with van der Waals surface area (Å²) in [6.45, 7) is 0. The molecule has 0 unspecified atom stereocenters. The molecule has 5 nitrogen and oxygen atoms in total. The quantitative estimate of drug-likeness (QED) is 0.716. The van der Waals surface area contributed by atoms with Gasteiger partial charge in [0.2, 0.25) is 0 Å². The smallest absolute Gasteiger partial charge is 0.123 e. The fraction of sp³-hybridized carbons (Fsp3) is 0. The van der Waals surface area contributed by atoms with Crippen molar-refractivity contribution in [2.45, 2.75) is 0 Å². The average Bonchev–Trinajstić information content (AvgIpc) is 2.70. The highest BCUT2D eigenvalue weighted by Crippen LogP contribution is 2.18. The first-order valence-electron chi connectivity index (χ1n) is 3.89. The Morgan fingerprint density at radius 2 is 2.00 bits per heavy atom. The molecule has 1 aromatic heterocycles. The van der Waals surface area contributed by atoms with E-state index in [1.54, 1.807) is 10.6 Å². The number of nitrogens with zero attached hydrogens (tertiary/aromatic N) is 4. The molecule has 0 atom stereocenters. The molecule has 2 aromatic rings. The molecule has 0 fully saturated rings. The van der Waals surface area contributed by atoms with E-state index in [2.05, 4.69) is 10.2 Å². The molecule has 14 heavy (non-hydrogen) atoms. The summed E-state index contributed by atoms with van der Waals surface area (Å²) in [6.07, 6.45) is 2.99. The van der Waals surface area contributed by atoms with Crippen LogP contribution in [0.15, 0.2) is 30.9 Å². The maximum Gasteiger partial charge on any atom is 0.123 e. The molecule has 0 aliphatic rings. The Hall–Kier alpha value is -2.35. The van der Waals surface area contributed by atoms with Gasteiger partial charge in [0, 0.05) is 0 Å². The summed E-state index contributed by atoms with van der Waals surface area (Å²) in [5.41, 5.74) is 1.03. The standard InChI is InChI=1S/C9H6N4O/c10-4-7-3-8(14)1-2-9(7)13-5-11-12-6-13/h1-3,5-6,14H. The Bertz CT molecular complexity index is 484. The van der Waals surface area contributed by atoms with Crippen LogP contribution in [0.4, 0.5) is 0 Å². The van der Waals surface area contributed by atoms with E-state index in [4.69, 9.17) is 5.26 Å². The average molecular weight is 186 g/mol. The fourth-order valence-electron chi connectivity index (χ4n) is 1.16. The Kier molecular flexibility index (Phi) is 1.88. The third kappa shape index (κ3) is 1.29. The zero-order chi connectivity index (χ0) is 9.97. The van der Waals surface area contributed by atoms with Crippen LogP contribution >= 0.6 is 0 Å². The molecule has 0 spiro atoms. The molecule has 0 aliphatic heterocycles. The van der Waals surface area contributed by atoms with Crippen molar-refractivity contribution in [1.82, 2.24) is 14.8 Å². The molecule has 0 radical (unpaired) electrons. The number of phenolic OH excluding ortho intramolecular Hbond substituents is 1. The van der Waals surface area contributed by atoms with Crippen molar-refractivity contribution < 1.29 is 5.11 Å². The summed E-state index contributed by atoms with van der Waals surface area (Å²) in [7, 11) is 0. The number of aromatic nitrogens is 3. The largest absolute Gasteiger partial charge is 0.508 e. The summed E-state index contributed by atoms with van der Waals surface area (Å²) in [5.74, 6) is 0.0679. The second-order valence-electron chi connectivity index (χ2n) is 2.68. The number of phenols is 1. The van der Waals surface area contributed by atoms with Crippen LogP contribution in [0.5, 0.6) is 5.75 Å². The third-order valence-electron chi connectivity index (χ3n) is 1.80. The van der Waals surface area contributed by atoms with Crippen molar-refractivity contribution in [1.29, 1.82) is 5.26 Å². The van der Waals surface area contributed by atoms with Crippen LogP contribution in [0, 0.1) is 11.3 Å². The topological polar surface area (TPSA) is 74.7 Å². The van der Waals surface area contributed by atoms with Crippen LogP contribution in [-0.2, 0) is 0 Å². The van der Waals surface area contributed by atoms with Crippen LogP contribution in [0.3, 0.4) is 0 Å². The Balaban J connectivity index is 2.60. The number of nitriles is 1. The molecule has 0 saturated heterocycles. The normalized spacial score (nSPS) is 9.64. The van der Waals surface area contributed by atoms with E-state index < -0.39 is 0 Å². The molecule has 1 N–H and O–H groups in total. The molecule has 1 aromatic carbocycles. The van der Waals surface area contributed by atoms with Gasteiger partial charge in [0.25, 0.3) is 0 Å². The van der Waals surface area contributed by atoms with Crippen LogP contribution in [0.1, 0.15) is 5.56 Å². The molecule has 0 aliphatic carbocycles. The molecule has 2 rings (SSSR count). The maximum atomic E-state index is 9.17. The molecule has 1 heterocycles. The molecular weight excluding hydrogens is 180 g/mol. The van der Waals surface area contributed by atoms with Crippen LogP contribution in [0.2, 0.25) is 0 Å². The number of aromatic hydroxyl groups is 1. The highest BCUT2D eigenvalue weighted by Gasteiger charge is 2.04. The van der Waals surface area contributed by atoms with E-state index in [0.29, 0.717) is 11.3 Å². The predicted molar refractivity (Wildman–Crippen MR) is 47.7 cm³/mol. The van der Waals surface area contributed by atoms with E-state index in [1.165, 1.54) is 24.8 Å². The minimum Gasteiger partial charge on any atom is -0.508 e. The molecule has 68 valence electrons. The van der Waals surface area contributed by atoms with Crippen molar-refractivity contribution in [3.05, 3.63) is 36.4 Å². The number of benzene rings is 1. The summed E-state index contributed by atoms with van der Waals surface area (Å²) >= 11 is 0. The van der Waals surface area contributed by atoms with E-state index in [-0.39, 0.29) is 5.75 Å². The van der Waals surface area contributed by atoms with Gasteiger partial charge in [0.05, 0.1) is 11.3 Å². The first kappa shape index (κ1) is 8.26. The number of hydrogen-bond donors (Lipinski definition) is 1. The van der Waals surface area contributed by atoms with Crippen molar-refractivity contribution >= 4 is 0 Å². The molecular formula is C9H6N4O. The highest BCUT2D eigenvalue weighted by molar-refractivity contribution is 5.51. The Morgan fingerprint density at radius 1 is 1.29 bits per heavy atom. The van der Waals surface area contributed by atoms with Gasteiger partial charge in [-0.2, -0.15) is 5.26 Å². The van der Waals surface area contributed by atoms with Crippen molar-refractivity contribution in [3.8, 4) is 17.5 Å². The Morgan fingerprint density at radius 3 is 2.64 bits per heavy atom. The number of hydrogen-bond acceptors (Lipinski definition) is 4. The number of rotatable bonds is 1. The maximum absolute atomic E-state index is 9.17. The zero-order valence-corrected chi connectivity index (χ0v) is 7.12. The van der Waals surface area contributed by atoms with Gasteiger partial charge in [0.15, 0.2) is 0 Å². The van der Waals surface area contributed by atoms with Crippen LogP contribution in [0.25, 0.3) is 5.69 Å². The lowest BCUT2D eigenvalue weighted by atomic mass is 10.2. The van der Waals surface area contributed by atoms with Crippen molar-refractivity contribution in [2.24, 2.45) is 0 Å². The van der Waals surface area contributed by atoms with Gasteiger partial charge in [-0.05, 0) is 18.2 Å². The minimum absolute atomic E-state index is 0.0679. The predicted octanol–water partition coefficient (Wildman–Crippen LogP) is 0.845. The SMILES string of the molecule is N#Cc1cc(O)ccc1-n1cnnc1. The van der Waals surface area contributed by atoms with Gasteiger partial charge in [-0.15, -0.1) is 10.2 Å².